The Balaban J connectivity index is 1.34. The van der Waals surface area contributed by atoms with Crippen molar-refractivity contribution in [3.8, 4) is 0 Å². The van der Waals surface area contributed by atoms with E-state index in [1.165, 1.54) is 0 Å². The number of likely N-dealkylation sites (tertiary alicyclic amines) is 1. The second-order valence-corrected chi connectivity index (χ2v) is 7.20. The maximum atomic E-state index is 12.3. The number of amides is 1. The van der Waals surface area contributed by atoms with Crippen LogP contribution in [0, 0.1) is 5.92 Å². The predicted molar refractivity (Wildman–Crippen MR) is 94.8 cm³/mol. The average Bonchev–Trinajstić information content (AvgIpc) is 2.91. The molecular formula is C18H18BrN3O2. The fourth-order valence-corrected chi connectivity index (χ4v) is 3.80. The highest BCUT2D eigenvalue weighted by Crippen LogP contribution is 2.37. The molecule has 2 aliphatic heterocycles. The molecular weight excluding hydrogens is 370 g/mol. The highest BCUT2D eigenvalue weighted by atomic mass is 79.9. The number of fused-ring (bicyclic) bond motifs is 1. The Labute approximate surface area is 149 Å². The van der Waals surface area contributed by atoms with Crippen LogP contribution in [0.4, 0.5) is 10.5 Å². The largest absolute Gasteiger partial charge is 0.445 e. The van der Waals surface area contributed by atoms with Crippen molar-refractivity contribution in [3.05, 3.63) is 58.8 Å². The van der Waals surface area contributed by atoms with Crippen molar-refractivity contribution in [2.24, 2.45) is 5.92 Å². The zero-order valence-corrected chi connectivity index (χ0v) is 14.7. The van der Waals surface area contributed by atoms with Gasteiger partial charge in [-0.2, -0.15) is 0 Å². The van der Waals surface area contributed by atoms with Crippen molar-refractivity contribution in [3.63, 3.8) is 0 Å². The molecule has 0 aliphatic carbocycles. The van der Waals surface area contributed by atoms with Crippen LogP contribution in [-0.2, 0) is 11.3 Å². The van der Waals surface area contributed by atoms with Gasteiger partial charge in [-0.3, -0.25) is 4.98 Å². The molecule has 0 N–H and O–H groups in total. The number of pyridine rings is 1. The van der Waals surface area contributed by atoms with E-state index in [0.717, 1.165) is 28.8 Å². The van der Waals surface area contributed by atoms with E-state index in [2.05, 4.69) is 31.9 Å². The first-order valence-electron chi connectivity index (χ1n) is 8.03. The quantitative estimate of drug-likeness (QED) is 0.810. The third kappa shape index (κ3) is 2.98. The SMILES string of the molecule is O=C(OCc1ccccc1)N1CC2[C@H](C1)CN2c1cncc(Br)c1. The summed E-state index contributed by atoms with van der Waals surface area (Å²) in [6.07, 6.45) is 3.43. The maximum absolute atomic E-state index is 12.3. The van der Waals surface area contributed by atoms with Crippen LogP contribution in [-0.4, -0.2) is 41.7 Å². The van der Waals surface area contributed by atoms with E-state index in [-0.39, 0.29) is 6.09 Å². The zero-order chi connectivity index (χ0) is 16.5. The van der Waals surface area contributed by atoms with Gasteiger partial charge in [0.1, 0.15) is 6.61 Å². The molecule has 0 radical (unpaired) electrons. The van der Waals surface area contributed by atoms with Crippen LogP contribution in [0.1, 0.15) is 5.56 Å². The van der Waals surface area contributed by atoms with Crippen LogP contribution in [0.3, 0.4) is 0 Å². The van der Waals surface area contributed by atoms with Crippen LogP contribution in [0.15, 0.2) is 53.3 Å². The molecule has 2 saturated heterocycles. The van der Waals surface area contributed by atoms with E-state index in [1.807, 2.05) is 41.4 Å². The molecule has 0 spiro atoms. The Kier molecular flexibility index (Phi) is 4.14. The monoisotopic (exact) mass is 387 g/mol. The van der Waals surface area contributed by atoms with Gasteiger partial charge in [-0.15, -0.1) is 0 Å². The van der Waals surface area contributed by atoms with Crippen molar-refractivity contribution in [2.45, 2.75) is 12.6 Å². The summed E-state index contributed by atoms with van der Waals surface area (Å²) in [4.78, 5) is 20.7. The summed E-state index contributed by atoms with van der Waals surface area (Å²) in [5, 5.41) is 0. The molecule has 4 rings (SSSR count). The lowest BCUT2D eigenvalue weighted by atomic mass is 9.91. The van der Waals surface area contributed by atoms with E-state index in [9.17, 15) is 4.79 Å². The fraction of sp³-hybridized carbons (Fsp3) is 0.333. The molecule has 2 aromatic rings. The highest BCUT2D eigenvalue weighted by molar-refractivity contribution is 9.10. The molecule has 0 bridgehead atoms. The van der Waals surface area contributed by atoms with E-state index >= 15 is 0 Å². The molecule has 24 heavy (non-hydrogen) atoms. The fourth-order valence-electron chi connectivity index (χ4n) is 3.45. The summed E-state index contributed by atoms with van der Waals surface area (Å²) in [7, 11) is 0. The lowest BCUT2D eigenvalue weighted by Gasteiger charge is -2.45. The average molecular weight is 388 g/mol. The van der Waals surface area contributed by atoms with Crippen molar-refractivity contribution in [2.75, 3.05) is 24.5 Å². The van der Waals surface area contributed by atoms with Gasteiger partial charge in [-0.1, -0.05) is 30.3 Å². The molecule has 3 heterocycles. The Morgan fingerprint density at radius 3 is 2.83 bits per heavy atom. The first kappa shape index (κ1) is 15.4. The van der Waals surface area contributed by atoms with Crippen LogP contribution in [0.5, 0.6) is 0 Å². The van der Waals surface area contributed by atoms with Gasteiger partial charge in [0.05, 0.1) is 17.9 Å². The lowest BCUT2D eigenvalue weighted by Crippen LogP contribution is -2.55. The van der Waals surface area contributed by atoms with Gasteiger partial charge in [-0.05, 0) is 27.6 Å². The van der Waals surface area contributed by atoms with Crippen molar-refractivity contribution < 1.29 is 9.53 Å². The standard InChI is InChI=1S/C18H18BrN3O2/c19-15-6-16(8-20-7-15)22-10-14-9-21(11-17(14)22)18(23)24-12-13-4-2-1-3-5-13/h1-8,14,17H,9-12H2/t14-,17?/m1/s1. The molecule has 6 heteroatoms. The smallest absolute Gasteiger partial charge is 0.410 e. The van der Waals surface area contributed by atoms with Gasteiger partial charge in [0.2, 0.25) is 0 Å². The number of hydrogen-bond acceptors (Lipinski definition) is 4. The zero-order valence-electron chi connectivity index (χ0n) is 13.1. The Hall–Kier alpha value is -2.08. The molecule has 124 valence electrons. The second kappa shape index (κ2) is 6.43. The van der Waals surface area contributed by atoms with Crippen LogP contribution in [0.25, 0.3) is 0 Å². The molecule has 2 fully saturated rings. The Bertz CT molecular complexity index is 740. The number of carbonyl (C=O) groups is 1. The minimum absolute atomic E-state index is 0.222. The Morgan fingerprint density at radius 2 is 2.04 bits per heavy atom. The maximum Gasteiger partial charge on any atom is 0.410 e. The van der Waals surface area contributed by atoms with Gasteiger partial charge in [0.15, 0.2) is 0 Å². The number of benzene rings is 1. The van der Waals surface area contributed by atoms with E-state index in [1.54, 1.807) is 6.20 Å². The minimum Gasteiger partial charge on any atom is -0.445 e. The number of hydrogen-bond donors (Lipinski definition) is 0. The van der Waals surface area contributed by atoms with E-state index in [4.69, 9.17) is 4.74 Å². The highest BCUT2D eigenvalue weighted by Gasteiger charge is 2.47. The van der Waals surface area contributed by atoms with Crippen LogP contribution in [0.2, 0.25) is 0 Å². The predicted octanol–water partition coefficient (Wildman–Crippen LogP) is 3.30. The van der Waals surface area contributed by atoms with Gasteiger partial charge in [0.25, 0.3) is 0 Å². The summed E-state index contributed by atoms with van der Waals surface area (Å²) in [6, 6.07) is 12.2. The van der Waals surface area contributed by atoms with Crippen LogP contribution >= 0.6 is 15.9 Å². The molecule has 5 nitrogen and oxygen atoms in total. The third-order valence-electron chi connectivity index (χ3n) is 4.72. The first-order valence-corrected chi connectivity index (χ1v) is 8.83. The topological polar surface area (TPSA) is 45.7 Å². The molecule has 1 aromatic carbocycles. The number of halogens is 1. The lowest BCUT2D eigenvalue weighted by molar-refractivity contribution is 0.103. The van der Waals surface area contributed by atoms with Gasteiger partial charge in [0, 0.05) is 36.2 Å². The number of carbonyl (C=O) groups excluding carboxylic acids is 1. The van der Waals surface area contributed by atoms with Crippen molar-refractivity contribution in [1.29, 1.82) is 0 Å². The van der Waals surface area contributed by atoms with Crippen molar-refractivity contribution >= 4 is 27.7 Å². The molecule has 1 amide bonds. The summed E-state index contributed by atoms with van der Waals surface area (Å²) >= 11 is 3.46. The molecule has 2 aliphatic rings. The number of nitrogens with zero attached hydrogens (tertiary/aromatic N) is 3. The van der Waals surface area contributed by atoms with E-state index < -0.39 is 0 Å². The second-order valence-electron chi connectivity index (χ2n) is 6.29. The van der Waals surface area contributed by atoms with Crippen LogP contribution < -0.4 is 4.90 Å². The number of ether oxygens (including phenoxy) is 1. The van der Waals surface area contributed by atoms with E-state index in [0.29, 0.717) is 25.1 Å². The first-order chi connectivity index (χ1) is 11.7. The summed E-state index contributed by atoms with van der Waals surface area (Å²) in [6.45, 7) is 2.77. The van der Waals surface area contributed by atoms with Gasteiger partial charge in [-0.25, -0.2) is 4.79 Å². The summed E-state index contributed by atoms with van der Waals surface area (Å²) in [5.74, 6) is 0.522. The number of aromatic nitrogens is 1. The van der Waals surface area contributed by atoms with Crippen molar-refractivity contribution in [1.82, 2.24) is 9.88 Å². The number of rotatable bonds is 3. The number of anilines is 1. The molecule has 1 aromatic heterocycles. The third-order valence-corrected chi connectivity index (χ3v) is 5.16. The molecule has 0 saturated carbocycles. The molecule has 1 unspecified atom stereocenters. The summed E-state index contributed by atoms with van der Waals surface area (Å²) in [5.41, 5.74) is 2.11. The Morgan fingerprint density at radius 1 is 1.21 bits per heavy atom. The minimum atomic E-state index is -0.222. The normalized spacial score (nSPS) is 22.0. The molecule has 2 atom stereocenters. The van der Waals surface area contributed by atoms with Gasteiger partial charge >= 0.3 is 6.09 Å². The summed E-state index contributed by atoms with van der Waals surface area (Å²) < 4.78 is 6.42. The van der Waals surface area contributed by atoms with Gasteiger partial charge < -0.3 is 14.5 Å².